The summed E-state index contributed by atoms with van der Waals surface area (Å²) in [5.74, 6) is -1.81. The average Bonchev–Trinajstić information content (AvgIpc) is 3.25. The monoisotopic (exact) mass is 373 g/mol. The smallest absolute Gasteiger partial charge is 0.322 e. The predicted octanol–water partition coefficient (Wildman–Crippen LogP) is 1.48. The molecule has 2 unspecified atom stereocenters. The number of halogens is 1. The van der Waals surface area contributed by atoms with Crippen LogP contribution in [0.5, 0.6) is 5.75 Å². The SMILES string of the molecule is O=C(O)C1CCCN1S(=O)(=O)c1ccc(OCC2CCOC2)c(F)c1. The lowest BCUT2D eigenvalue weighted by Gasteiger charge is -2.21. The molecule has 7 nitrogen and oxygen atoms in total. The summed E-state index contributed by atoms with van der Waals surface area (Å²) in [4.78, 5) is 10.9. The molecular weight excluding hydrogens is 353 g/mol. The quantitative estimate of drug-likeness (QED) is 0.812. The number of hydrogen-bond acceptors (Lipinski definition) is 5. The summed E-state index contributed by atoms with van der Waals surface area (Å²) in [6, 6.07) is 2.29. The van der Waals surface area contributed by atoms with Crippen molar-refractivity contribution in [1.29, 1.82) is 0 Å². The Bertz CT molecular complexity index is 747. The van der Waals surface area contributed by atoms with Crippen LogP contribution >= 0.6 is 0 Å². The Morgan fingerprint density at radius 3 is 2.84 bits per heavy atom. The summed E-state index contributed by atoms with van der Waals surface area (Å²) >= 11 is 0. The summed E-state index contributed by atoms with van der Waals surface area (Å²) in [5, 5.41) is 9.16. The zero-order valence-electron chi connectivity index (χ0n) is 13.6. The molecule has 138 valence electrons. The number of carboxylic acids is 1. The molecule has 0 aliphatic carbocycles. The molecule has 9 heteroatoms. The van der Waals surface area contributed by atoms with Gasteiger partial charge in [-0.05, 0) is 37.5 Å². The maximum Gasteiger partial charge on any atom is 0.322 e. The highest BCUT2D eigenvalue weighted by atomic mass is 32.2. The minimum atomic E-state index is -4.07. The number of sulfonamides is 1. The zero-order valence-corrected chi connectivity index (χ0v) is 14.4. The fourth-order valence-corrected chi connectivity index (χ4v) is 4.75. The van der Waals surface area contributed by atoms with E-state index in [4.69, 9.17) is 14.6 Å². The molecule has 0 bridgehead atoms. The number of carbonyl (C=O) groups is 1. The molecule has 0 spiro atoms. The van der Waals surface area contributed by atoms with Gasteiger partial charge in [0.05, 0.1) is 18.1 Å². The highest BCUT2D eigenvalue weighted by molar-refractivity contribution is 7.89. The lowest BCUT2D eigenvalue weighted by Crippen LogP contribution is -2.40. The van der Waals surface area contributed by atoms with Gasteiger partial charge in [0.2, 0.25) is 10.0 Å². The van der Waals surface area contributed by atoms with Gasteiger partial charge in [0, 0.05) is 19.1 Å². The van der Waals surface area contributed by atoms with E-state index in [0.717, 1.165) is 16.8 Å². The normalized spacial score (nSPS) is 24.5. The van der Waals surface area contributed by atoms with Crippen molar-refractivity contribution in [3.05, 3.63) is 24.0 Å². The van der Waals surface area contributed by atoms with Crippen LogP contribution in [0.1, 0.15) is 19.3 Å². The highest BCUT2D eigenvalue weighted by Gasteiger charge is 2.39. The van der Waals surface area contributed by atoms with E-state index in [-0.39, 0.29) is 29.5 Å². The van der Waals surface area contributed by atoms with Crippen molar-refractivity contribution in [2.24, 2.45) is 5.92 Å². The van der Waals surface area contributed by atoms with E-state index in [9.17, 15) is 17.6 Å². The number of ether oxygens (including phenoxy) is 2. The molecule has 2 heterocycles. The lowest BCUT2D eigenvalue weighted by atomic mass is 10.1. The maximum atomic E-state index is 14.2. The van der Waals surface area contributed by atoms with Gasteiger partial charge in [-0.1, -0.05) is 0 Å². The third-order valence-electron chi connectivity index (χ3n) is 4.50. The van der Waals surface area contributed by atoms with Crippen LogP contribution in [0.4, 0.5) is 4.39 Å². The van der Waals surface area contributed by atoms with E-state index in [1.54, 1.807) is 0 Å². The number of carboxylic acid groups (broad SMARTS) is 1. The third-order valence-corrected chi connectivity index (χ3v) is 6.40. The van der Waals surface area contributed by atoms with Crippen LogP contribution in [-0.4, -0.2) is 56.2 Å². The van der Waals surface area contributed by atoms with Gasteiger partial charge in [0.25, 0.3) is 0 Å². The van der Waals surface area contributed by atoms with Gasteiger partial charge < -0.3 is 14.6 Å². The highest BCUT2D eigenvalue weighted by Crippen LogP contribution is 2.29. The Kier molecular flexibility index (Phi) is 5.26. The molecule has 2 aliphatic rings. The van der Waals surface area contributed by atoms with Crippen molar-refractivity contribution in [3.63, 3.8) is 0 Å². The van der Waals surface area contributed by atoms with Gasteiger partial charge >= 0.3 is 5.97 Å². The fourth-order valence-electron chi connectivity index (χ4n) is 3.09. The molecule has 0 aromatic heterocycles. The van der Waals surface area contributed by atoms with Crippen LogP contribution in [0, 0.1) is 11.7 Å². The topological polar surface area (TPSA) is 93.1 Å². The largest absolute Gasteiger partial charge is 0.490 e. The first-order chi connectivity index (χ1) is 11.9. The van der Waals surface area contributed by atoms with Crippen LogP contribution in [-0.2, 0) is 19.6 Å². The lowest BCUT2D eigenvalue weighted by molar-refractivity contribution is -0.140. The fraction of sp³-hybridized carbons (Fsp3) is 0.562. The third kappa shape index (κ3) is 3.78. The number of aliphatic carboxylic acids is 1. The van der Waals surface area contributed by atoms with Gasteiger partial charge in [0.1, 0.15) is 6.04 Å². The molecule has 3 rings (SSSR count). The molecule has 1 N–H and O–H groups in total. The van der Waals surface area contributed by atoms with Crippen molar-refractivity contribution in [3.8, 4) is 5.75 Å². The minimum absolute atomic E-state index is 0.0259. The van der Waals surface area contributed by atoms with Crippen LogP contribution in [0.2, 0.25) is 0 Å². The second kappa shape index (κ2) is 7.27. The molecule has 2 saturated heterocycles. The van der Waals surface area contributed by atoms with Crippen LogP contribution in [0.15, 0.2) is 23.1 Å². The number of hydrogen-bond donors (Lipinski definition) is 1. The van der Waals surface area contributed by atoms with Crippen molar-refractivity contribution in [1.82, 2.24) is 4.31 Å². The van der Waals surface area contributed by atoms with Crippen LogP contribution in [0.25, 0.3) is 0 Å². The van der Waals surface area contributed by atoms with E-state index in [0.29, 0.717) is 26.2 Å². The molecule has 0 saturated carbocycles. The Morgan fingerprint density at radius 1 is 1.40 bits per heavy atom. The van der Waals surface area contributed by atoms with E-state index < -0.39 is 27.9 Å². The van der Waals surface area contributed by atoms with E-state index in [2.05, 4.69) is 0 Å². The van der Waals surface area contributed by atoms with Crippen molar-refractivity contribution in [2.75, 3.05) is 26.4 Å². The van der Waals surface area contributed by atoms with Crippen LogP contribution < -0.4 is 4.74 Å². The minimum Gasteiger partial charge on any atom is -0.490 e. The Morgan fingerprint density at radius 2 is 2.20 bits per heavy atom. The molecule has 2 atom stereocenters. The molecule has 2 fully saturated rings. The van der Waals surface area contributed by atoms with E-state index in [1.807, 2.05) is 0 Å². The second-order valence-electron chi connectivity index (χ2n) is 6.24. The van der Waals surface area contributed by atoms with Gasteiger partial charge in [-0.3, -0.25) is 4.79 Å². The molecule has 0 radical (unpaired) electrons. The number of rotatable bonds is 6. The molecule has 0 amide bonds. The summed E-state index contributed by atoms with van der Waals surface area (Å²) in [7, 11) is -4.07. The van der Waals surface area contributed by atoms with E-state index in [1.165, 1.54) is 12.1 Å². The summed E-state index contributed by atoms with van der Waals surface area (Å²) in [5.41, 5.74) is 0. The van der Waals surface area contributed by atoms with Gasteiger partial charge in [-0.25, -0.2) is 12.8 Å². The summed E-state index contributed by atoms with van der Waals surface area (Å²) in [6.07, 6.45) is 1.56. The standard InChI is InChI=1S/C16H20FNO6S/c17-13-8-12(3-4-15(13)24-10-11-5-7-23-9-11)25(21,22)18-6-1-2-14(18)16(19)20/h3-4,8,11,14H,1-2,5-7,9-10H2,(H,19,20). The number of benzene rings is 1. The predicted molar refractivity (Wildman–Crippen MR) is 85.4 cm³/mol. The van der Waals surface area contributed by atoms with E-state index >= 15 is 0 Å². The first-order valence-corrected chi connectivity index (χ1v) is 9.58. The Hall–Kier alpha value is -1.71. The first kappa shape index (κ1) is 18.1. The first-order valence-electron chi connectivity index (χ1n) is 8.14. The second-order valence-corrected chi connectivity index (χ2v) is 8.14. The van der Waals surface area contributed by atoms with Gasteiger partial charge in [0.15, 0.2) is 11.6 Å². The molecule has 2 aliphatic heterocycles. The molecule has 1 aromatic carbocycles. The molecular formula is C16H20FNO6S. The Labute approximate surface area is 145 Å². The van der Waals surface area contributed by atoms with Crippen molar-refractivity contribution in [2.45, 2.75) is 30.2 Å². The van der Waals surface area contributed by atoms with Gasteiger partial charge in [-0.15, -0.1) is 0 Å². The summed E-state index contributed by atoms with van der Waals surface area (Å²) in [6.45, 7) is 1.64. The Balaban J connectivity index is 1.75. The summed E-state index contributed by atoms with van der Waals surface area (Å²) < 4.78 is 51.0. The molecule has 1 aromatic rings. The average molecular weight is 373 g/mol. The zero-order chi connectivity index (χ0) is 18.0. The molecule has 25 heavy (non-hydrogen) atoms. The van der Waals surface area contributed by atoms with Gasteiger partial charge in [-0.2, -0.15) is 4.31 Å². The van der Waals surface area contributed by atoms with Crippen LogP contribution in [0.3, 0.4) is 0 Å². The van der Waals surface area contributed by atoms with Crippen molar-refractivity contribution < 1.29 is 32.2 Å². The van der Waals surface area contributed by atoms with Crippen molar-refractivity contribution >= 4 is 16.0 Å². The number of nitrogens with zero attached hydrogens (tertiary/aromatic N) is 1. The maximum absolute atomic E-state index is 14.2.